The van der Waals surface area contributed by atoms with Crippen LogP contribution in [0.3, 0.4) is 0 Å². The van der Waals surface area contributed by atoms with Crippen molar-refractivity contribution in [2.24, 2.45) is 0 Å². The number of hydrogen-bond acceptors (Lipinski definition) is 0. The number of hydrogen-bond donors (Lipinski definition) is 0. The zero-order valence-corrected chi connectivity index (χ0v) is 11.2. The Morgan fingerprint density at radius 2 is 0.467 bits per heavy atom. The van der Waals surface area contributed by atoms with E-state index in [0.29, 0.717) is 0 Å². The summed E-state index contributed by atoms with van der Waals surface area (Å²) >= 11 is 0. The summed E-state index contributed by atoms with van der Waals surface area (Å²) in [7, 11) is 0. The molecule has 0 atom stereocenters. The van der Waals surface area contributed by atoms with E-state index in [2.05, 4.69) is 13.8 Å². The Labute approximate surface area is 97.8 Å². The van der Waals surface area contributed by atoms with Gasteiger partial charge < -0.3 is 0 Å². The molecule has 0 heterocycles. The lowest BCUT2D eigenvalue weighted by Crippen LogP contribution is -1.85. The molecule has 0 radical (unpaired) electrons. The van der Waals surface area contributed by atoms with Gasteiger partial charge in [-0.05, 0) is 0 Å². The van der Waals surface area contributed by atoms with Crippen molar-refractivity contribution in [1.29, 1.82) is 0 Å². The summed E-state index contributed by atoms with van der Waals surface area (Å²) in [5.74, 6) is 0. The summed E-state index contributed by atoms with van der Waals surface area (Å²) in [6.45, 7) is 4.25. The lowest BCUT2D eigenvalue weighted by molar-refractivity contribution is 0.504. The molecule has 3 saturated carbocycles. The molecule has 3 fully saturated rings. The van der Waals surface area contributed by atoms with E-state index in [0.717, 1.165) is 0 Å². The van der Waals surface area contributed by atoms with E-state index in [4.69, 9.17) is 0 Å². The maximum atomic E-state index is 2.12. The van der Waals surface area contributed by atoms with Crippen molar-refractivity contribution in [1.82, 2.24) is 0 Å². The molecule has 0 aromatic carbocycles. The Morgan fingerprint density at radius 1 is 0.400 bits per heavy atom. The molecule has 0 N–H and O–H groups in total. The molecular formula is C15H32. The lowest BCUT2D eigenvalue weighted by atomic mass is 10.0. The van der Waals surface area contributed by atoms with Gasteiger partial charge in [-0.1, -0.05) is 97.3 Å². The molecule has 3 aliphatic carbocycles. The minimum absolute atomic E-state index is 1.25. The molecule has 0 spiro atoms. The fraction of sp³-hybridized carbons (Fsp3) is 1.00. The van der Waals surface area contributed by atoms with Crippen molar-refractivity contribution < 1.29 is 0 Å². The first-order valence-electron chi connectivity index (χ1n) is 7.41. The Morgan fingerprint density at radius 3 is 0.467 bits per heavy atom. The molecule has 0 saturated heterocycles. The molecule has 92 valence electrons. The van der Waals surface area contributed by atoms with E-state index < -0.39 is 0 Å². The molecule has 0 aliphatic heterocycles. The second-order valence-corrected chi connectivity index (χ2v) is 4.95. The Kier molecular flexibility index (Phi) is 14.0. The standard InChI is InChI=1S/3C4H8.C3H8/c3*1-2-4-3-1;1-3-2/h3*1-4H2;3H2,1-2H3. The summed E-state index contributed by atoms with van der Waals surface area (Å²) in [6, 6.07) is 0. The predicted octanol–water partition coefficient (Wildman–Crippen LogP) is 6.10. The van der Waals surface area contributed by atoms with Crippen molar-refractivity contribution in [2.45, 2.75) is 97.3 Å². The molecule has 15 heavy (non-hydrogen) atoms. The monoisotopic (exact) mass is 212 g/mol. The minimum Gasteiger partial charge on any atom is -0.0656 e. The second kappa shape index (κ2) is 14.0. The first kappa shape index (κ1) is 15.0. The van der Waals surface area contributed by atoms with Crippen LogP contribution in [0.25, 0.3) is 0 Å². The first-order chi connectivity index (χ1) is 7.41. The quantitative estimate of drug-likeness (QED) is 0.455. The molecule has 0 bridgehead atoms. The zero-order valence-electron chi connectivity index (χ0n) is 11.2. The normalized spacial score (nSPS) is 20.4. The maximum absolute atomic E-state index is 2.12. The van der Waals surface area contributed by atoms with Crippen molar-refractivity contribution in [3.05, 3.63) is 0 Å². The van der Waals surface area contributed by atoms with Crippen molar-refractivity contribution in [3.63, 3.8) is 0 Å². The fourth-order valence-electron chi connectivity index (χ4n) is 0.750. The van der Waals surface area contributed by atoms with Crippen LogP contribution >= 0.6 is 0 Å². The van der Waals surface area contributed by atoms with Gasteiger partial charge in [0, 0.05) is 0 Å². The van der Waals surface area contributed by atoms with Gasteiger partial charge in [0.2, 0.25) is 0 Å². The van der Waals surface area contributed by atoms with Crippen LogP contribution in [0.5, 0.6) is 0 Å². The third-order valence-corrected chi connectivity index (χ3v) is 3.00. The van der Waals surface area contributed by atoms with Gasteiger partial charge >= 0.3 is 0 Å². The average Bonchev–Trinajstić information content (AvgIpc) is 1.71. The molecule has 3 rings (SSSR count). The summed E-state index contributed by atoms with van der Waals surface area (Å²) < 4.78 is 0. The van der Waals surface area contributed by atoms with Gasteiger partial charge in [-0.25, -0.2) is 0 Å². The molecule has 0 aromatic rings. The Balaban J connectivity index is 0.000000176. The highest BCUT2D eigenvalue weighted by atomic mass is 14.0. The maximum Gasteiger partial charge on any atom is -0.0533 e. The summed E-state index contributed by atoms with van der Waals surface area (Å²) in [5, 5.41) is 0. The van der Waals surface area contributed by atoms with Crippen LogP contribution in [0, 0.1) is 0 Å². The average molecular weight is 212 g/mol. The molecule has 3 aliphatic rings. The molecule has 0 aromatic heterocycles. The summed E-state index contributed by atoms with van der Waals surface area (Å²) in [6.07, 6.45) is 19.2. The van der Waals surface area contributed by atoms with Crippen LogP contribution in [0.15, 0.2) is 0 Å². The van der Waals surface area contributed by atoms with Crippen LogP contribution in [-0.2, 0) is 0 Å². The second-order valence-electron chi connectivity index (χ2n) is 4.95. The third-order valence-electron chi connectivity index (χ3n) is 3.00. The van der Waals surface area contributed by atoms with E-state index in [1.54, 1.807) is 0 Å². The van der Waals surface area contributed by atoms with Crippen molar-refractivity contribution >= 4 is 0 Å². The van der Waals surface area contributed by atoms with E-state index >= 15 is 0 Å². The van der Waals surface area contributed by atoms with Crippen LogP contribution in [0.1, 0.15) is 97.3 Å². The van der Waals surface area contributed by atoms with Crippen LogP contribution in [-0.4, -0.2) is 0 Å². The van der Waals surface area contributed by atoms with E-state index in [-0.39, 0.29) is 0 Å². The summed E-state index contributed by atoms with van der Waals surface area (Å²) in [5.41, 5.74) is 0. The van der Waals surface area contributed by atoms with Gasteiger partial charge in [-0.3, -0.25) is 0 Å². The van der Waals surface area contributed by atoms with Crippen LogP contribution in [0.4, 0.5) is 0 Å². The van der Waals surface area contributed by atoms with Gasteiger partial charge in [-0.15, -0.1) is 0 Å². The molecule has 0 nitrogen and oxygen atoms in total. The SMILES string of the molecule is C1CCC1.C1CCC1.C1CCC1.CCC. The molecule has 0 unspecified atom stereocenters. The largest absolute Gasteiger partial charge is 0.0656 e. The van der Waals surface area contributed by atoms with Crippen LogP contribution < -0.4 is 0 Å². The van der Waals surface area contributed by atoms with E-state index in [9.17, 15) is 0 Å². The highest BCUT2D eigenvalue weighted by molar-refractivity contribution is 4.51. The van der Waals surface area contributed by atoms with E-state index in [1.165, 1.54) is 83.5 Å². The van der Waals surface area contributed by atoms with Gasteiger partial charge in [0.05, 0.1) is 0 Å². The Hall–Kier alpha value is 0. The molecule has 0 heteroatoms. The topological polar surface area (TPSA) is 0 Å². The Bertz CT molecular complexity index is 53.2. The predicted molar refractivity (Wildman–Crippen MR) is 71.4 cm³/mol. The first-order valence-corrected chi connectivity index (χ1v) is 7.41. The smallest absolute Gasteiger partial charge is 0.0533 e. The van der Waals surface area contributed by atoms with Gasteiger partial charge in [-0.2, -0.15) is 0 Å². The van der Waals surface area contributed by atoms with Gasteiger partial charge in [0.1, 0.15) is 0 Å². The lowest BCUT2D eigenvalue weighted by Gasteiger charge is -2.05. The molecule has 0 amide bonds. The van der Waals surface area contributed by atoms with Gasteiger partial charge in [0.25, 0.3) is 0 Å². The van der Waals surface area contributed by atoms with Crippen molar-refractivity contribution in [3.8, 4) is 0 Å². The van der Waals surface area contributed by atoms with Crippen LogP contribution in [0.2, 0.25) is 0 Å². The van der Waals surface area contributed by atoms with Gasteiger partial charge in [0.15, 0.2) is 0 Å². The van der Waals surface area contributed by atoms with E-state index in [1.807, 2.05) is 0 Å². The highest BCUT2D eigenvalue weighted by Crippen LogP contribution is 2.15. The molecular weight excluding hydrogens is 180 g/mol. The summed E-state index contributed by atoms with van der Waals surface area (Å²) in [4.78, 5) is 0. The fourth-order valence-corrected chi connectivity index (χ4v) is 0.750. The zero-order chi connectivity index (χ0) is 11.2. The number of rotatable bonds is 0. The minimum atomic E-state index is 1.25. The third kappa shape index (κ3) is 14.0. The highest BCUT2D eigenvalue weighted by Gasteiger charge is 1.96. The van der Waals surface area contributed by atoms with Crippen molar-refractivity contribution in [2.75, 3.05) is 0 Å².